The van der Waals surface area contributed by atoms with Crippen LogP contribution in [0.3, 0.4) is 0 Å². The van der Waals surface area contributed by atoms with E-state index in [1.54, 1.807) is 5.92 Å². The summed E-state index contributed by atoms with van der Waals surface area (Å²) in [5.41, 5.74) is 1.00. The number of rotatable bonds is 8. The molecule has 0 saturated carbocycles. The summed E-state index contributed by atoms with van der Waals surface area (Å²) < 4.78 is 0. The molecule has 0 atom stereocenters. The Morgan fingerprint density at radius 2 is 1.06 bits per heavy atom. The summed E-state index contributed by atoms with van der Waals surface area (Å²) in [6, 6.07) is 0. The van der Waals surface area contributed by atoms with Crippen LogP contribution < -0.4 is 0 Å². The predicted octanol–water partition coefficient (Wildman–Crippen LogP) is 6.01. The second-order valence-electron chi connectivity index (χ2n) is 7.14. The molecule has 0 heteroatoms. The van der Waals surface area contributed by atoms with Crippen molar-refractivity contribution in [2.75, 3.05) is 0 Å². The first-order valence-electron chi connectivity index (χ1n) is 7.04. The largest absolute Gasteiger partial charge is 0.0948 e. The van der Waals surface area contributed by atoms with Gasteiger partial charge >= 0.3 is 0 Å². The lowest BCUT2D eigenvalue weighted by molar-refractivity contribution is 0.262. The zero-order valence-electron chi connectivity index (χ0n) is 12.7. The maximum atomic E-state index is 2.41. The summed E-state index contributed by atoms with van der Waals surface area (Å²) in [6.45, 7) is 16.6. The Morgan fingerprint density at radius 1 is 0.750 bits per heavy atom. The molecule has 0 radical (unpaired) electrons. The topological polar surface area (TPSA) is 0 Å². The Balaban J connectivity index is 4.11. The Morgan fingerprint density at radius 3 is 1.31 bits per heavy atom. The van der Waals surface area contributed by atoms with Gasteiger partial charge in [-0.1, -0.05) is 54.4 Å². The van der Waals surface area contributed by atoms with Crippen LogP contribution in [0.15, 0.2) is 0 Å². The standard InChI is InChI=1S/C16H33/c1-8-10-15(4,5)12-14(3)13-16(6,7)11-9-2/h8-13H2,1-7H3/q+1. The summed E-state index contributed by atoms with van der Waals surface area (Å²) in [7, 11) is 0. The molecule has 0 aromatic carbocycles. The summed E-state index contributed by atoms with van der Waals surface area (Å²) in [6.07, 6.45) is 7.90. The van der Waals surface area contributed by atoms with Crippen LogP contribution in [0.1, 0.15) is 87.0 Å². The highest BCUT2D eigenvalue weighted by molar-refractivity contribution is 4.94. The zero-order chi connectivity index (χ0) is 12.8. The van der Waals surface area contributed by atoms with Crippen molar-refractivity contribution in [3.05, 3.63) is 5.92 Å². The monoisotopic (exact) mass is 225 g/mol. The van der Waals surface area contributed by atoms with Crippen molar-refractivity contribution < 1.29 is 0 Å². The first-order valence-corrected chi connectivity index (χ1v) is 7.04. The molecule has 0 aliphatic heterocycles. The molecule has 96 valence electrons. The molecular formula is C16H33+. The van der Waals surface area contributed by atoms with Crippen LogP contribution in [0.25, 0.3) is 0 Å². The molecule has 0 unspecified atom stereocenters. The Kier molecular flexibility index (Phi) is 6.51. The van der Waals surface area contributed by atoms with Crippen LogP contribution in [0.4, 0.5) is 0 Å². The van der Waals surface area contributed by atoms with E-state index in [0.717, 1.165) is 0 Å². The van der Waals surface area contributed by atoms with Crippen LogP contribution in [-0.4, -0.2) is 0 Å². The van der Waals surface area contributed by atoms with E-state index < -0.39 is 0 Å². The Labute approximate surface area is 104 Å². The van der Waals surface area contributed by atoms with Gasteiger partial charge in [-0.3, -0.25) is 0 Å². The molecule has 0 spiro atoms. The van der Waals surface area contributed by atoms with Crippen LogP contribution in [0, 0.1) is 16.7 Å². The fraction of sp³-hybridized carbons (Fsp3) is 0.938. The van der Waals surface area contributed by atoms with Gasteiger partial charge < -0.3 is 0 Å². The molecule has 0 aliphatic rings. The van der Waals surface area contributed by atoms with Gasteiger partial charge in [0.1, 0.15) is 0 Å². The highest BCUT2D eigenvalue weighted by Gasteiger charge is 2.32. The molecule has 16 heavy (non-hydrogen) atoms. The SMILES string of the molecule is CCCC(C)(C)C[C+](C)CC(C)(C)CCC. The highest BCUT2D eigenvalue weighted by Crippen LogP contribution is 2.38. The van der Waals surface area contributed by atoms with E-state index in [-0.39, 0.29) is 0 Å². The van der Waals surface area contributed by atoms with Gasteiger partial charge in [-0.15, -0.1) is 0 Å². The van der Waals surface area contributed by atoms with Crippen molar-refractivity contribution in [1.82, 2.24) is 0 Å². The van der Waals surface area contributed by atoms with Crippen molar-refractivity contribution in [2.45, 2.75) is 87.0 Å². The van der Waals surface area contributed by atoms with Crippen molar-refractivity contribution >= 4 is 0 Å². The van der Waals surface area contributed by atoms with Gasteiger partial charge in [-0.25, -0.2) is 0 Å². The molecule has 0 heterocycles. The summed E-state index contributed by atoms with van der Waals surface area (Å²) in [4.78, 5) is 0. The van der Waals surface area contributed by atoms with Crippen LogP contribution >= 0.6 is 0 Å². The van der Waals surface area contributed by atoms with E-state index in [4.69, 9.17) is 0 Å². The smallest absolute Gasteiger partial charge is 0.0654 e. The van der Waals surface area contributed by atoms with Crippen molar-refractivity contribution in [3.8, 4) is 0 Å². The number of hydrogen-bond acceptors (Lipinski definition) is 0. The molecule has 0 fully saturated rings. The van der Waals surface area contributed by atoms with E-state index in [0.29, 0.717) is 10.8 Å². The predicted molar refractivity (Wildman–Crippen MR) is 75.5 cm³/mol. The van der Waals surface area contributed by atoms with Gasteiger partial charge in [0.25, 0.3) is 0 Å². The maximum absolute atomic E-state index is 2.41. The van der Waals surface area contributed by atoms with E-state index in [9.17, 15) is 0 Å². The lowest BCUT2D eigenvalue weighted by Crippen LogP contribution is -2.20. The minimum absolute atomic E-state index is 0.501. The van der Waals surface area contributed by atoms with Crippen LogP contribution in [0.5, 0.6) is 0 Å². The molecule has 0 aromatic heterocycles. The minimum Gasteiger partial charge on any atom is -0.0654 e. The first-order chi connectivity index (χ1) is 7.22. The normalized spacial score (nSPS) is 12.9. The van der Waals surface area contributed by atoms with Crippen molar-refractivity contribution in [3.63, 3.8) is 0 Å². The van der Waals surface area contributed by atoms with Gasteiger partial charge in [0.05, 0.1) is 25.7 Å². The van der Waals surface area contributed by atoms with E-state index in [2.05, 4.69) is 48.5 Å². The lowest BCUT2D eigenvalue weighted by atomic mass is 9.73. The number of hydrogen-bond donors (Lipinski definition) is 0. The Bertz CT molecular complexity index is 156. The average molecular weight is 225 g/mol. The second kappa shape index (κ2) is 6.57. The highest BCUT2D eigenvalue weighted by atomic mass is 14.3. The quantitative estimate of drug-likeness (QED) is 0.443. The summed E-state index contributed by atoms with van der Waals surface area (Å²) in [5.74, 6) is 1.69. The fourth-order valence-electron chi connectivity index (χ4n) is 3.23. The van der Waals surface area contributed by atoms with Crippen molar-refractivity contribution in [1.29, 1.82) is 0 Å². The lowest BCUT2D eigenvalue weighted by Gasteiger charge is -2.26. The molecule has 0 bridgehead atoms. The van der Waals surface area contributed by atoms with E-state index in [1.807, 2.05) is 0 Å². The van der Waals surface area contributed by atoms with E-state index >= 15 is 0 Å². The van der Waals surface area contributed by atoms with Gasteiger partial charge in [0.2, 0.25) is 0 Å². The maximum Gasteiger partial charge on any atom is 0.0948 e. The average Bonchev–Trinajstić information content (AvgIpc) is 1.99. The van der Waals surface area contributed by atoms with Gasteiger partial charge in [0.15, 0.2) is 0 Å². The van der Waals surface area contributed by atoms with Gasteiger partial charge in [-0.2, -0.15) is 0 Å². The third-order valence-electron chi connectivity index (χ3n) is 3.41. The third kappa shape index (κ3) is 7.19. The molecule has 0 aromatic rings. The van der Waals surface area contributed by atoms with Gasteiger partial charge in [-0.05, 0) is 12.8 Å². The van der Waals surface area contributed by atoms with Crippen LogP contribution in [-0.2, 0) is 0 Å². The Hall–Kier alpha value is -0.130. The van der Waals surface area contributed by atoms with E-state index in [1.165, 1.54) is 38.5 Å². The van der Waals surface area contributed by atoms with Gasteiger partial charge in [0, 0.05) is 10.8 Å². The molecule has 0 saturated heterocycles. The third-order valence-corrected chi connectivity index (χ3v) is 3.41. The molecule has 0 rings (SSSR count). The molecule has 0 nitrogen and oxygen atoms in total. The molecule has 0 aliphatic carbocycles. The zero-order valence-corrected chi connectivity index (χ0v) is 12.7. The second-order valence-corrected chi connectivity index (χ2v) is 7.14. The summed E-state index contributed by atoms with van der Waals surface area (Å²) in [5, 5.41) is 0. The molecule has 0 N–H and O–H groups in total. The fourth-order valence-corrected chi connectivity index (χ4v) is 3.23. The minimum atomic E-state index is 0.501. The first kappa shape index (κ1) is 15.9. The van der Waals surface area contributed by atoms with Crippen LogP contribution in [0.2, 0.25) is 0 Å². The summed E-state index contributed by atoms with van der Waals surface area (Å²) >= 11 is 0. The van der Waals surface area contributed by atoms with Crippen molar-refractivity contribution in [2.24, 2.45) is 10.8 Å². The molecule has 0 amide bonds. The molecular weight excluding hydrogens is 192 g/mol.